The van der Waals surface area contributed by atoms with Crippen molar-refractivity contribution in [3.05, 3.63) is 59.5 Å². The molecule has 1 spiro atoms. The van der Waals surface area contributed by atoms with Crippen molar-refractivity contribution in [1.29, 1.82) is 0 Å². The van der Waals surface area contributed by atoms with Crippen LogP contribution in [0.3, 0.4) is 0 Å². The van der Waals surface area contributed by atoms with Crippen LogP contribution in [0.25, 0.3) is 0 Å². The van der Waals surface area contributed by atoms with E-state index in [1.165, 1.54) is 12.1 Å². The molecule has 1 aromatic heterocycles. The van der Waals surface area contributed by atoms with Crippen LogP contribution in [0.1, 0.15) is 42.9 Å². The minimum Gasteiger partial charge on any atom is -0.356 e. The molecule has 6 heteroatoms. The Morgan fingerprint density at radius 2 is 2.03 bits per heavy atom. The molecule has 148 valence electrons. The number of amides is 1. The fourth-order valence-corrected chi connectivity index (χ4v) is 4.86. The maximum Gasteiger partial charge on any atom is 0.257 e. The highest BCUT2D eigenvalue weighted by Crippen LogP contribution is 2.47. The minimum atomic E-state index is -0.781. The van der Waals surface area contributed by atoms with Crippen molar-refractivity contribution < 1.29 is 13.9 Å². The first-order chi connectivity index (χ1) is 14.1. The van der Waals surface area contributed by atoms with E-state index in [1.807, 2.05) is 17.0 Å². The SMILES string of the molecule is C#Cc1ccnc(N2CCC3(CC2)O[C@@H]2CC[C@@H](c4cccc(F)c4)N2C3=O)c1. The van der Waals surface area contributed by atoms with Crippen molar-refractivity contribution in [2.45, 2.75) is 43.6 Å². The number of benzene rings is 1. The predicted molar refractivity (Wildman–Crippen MR) is 106 cm³/mol. The molecule has 0 aliphatic carbocycles. The van der Waals surface area contributed by atoms with Crippen molar-refractivity contribution in [3.63, 3.8) is 0 Å². The van der Waals surface area contributed by atoms with E-state index >= 15 is 0 Å². The third-order valence-corrected chi connectivity index (χ3v) is 6.36. The third-order valence-electron chi connectivity index (χ3n) is 6.36. The van der Waals surface area contributed by atoms with Gasteiger partial charge >= 0.3 is 0 Å². The van der Waals surface area contributed by atoms with E-state index in [4.69, 9.17) is 11.2 Å². The van der Waals surface area contributed by atoms with Gasteiger partial charge in [0.15, 0.2) is 5.60 Å². The molecular formula is C23H22FN3O2. The molecule has 3 aliphatic heterocycles. The predicted octanol–water partition coefficient (Wildman–Crippen LogP) is 3.26. The molecular weight excluding hydrogens is 369 g/mol. The number of nitrogens with zero attached hydrogens (tertiary/aromatic N) is 3. The van der Waals surface area contributed by atoms with Gasteiger partial charge in [-0.3, -0.25) is 4.79 Å². The van der Waals surface area contributed by atoms with Gasteiger partial charge in [-0.25, -0.2) is 9.37 Å². The lowest BCUT2D eigenvalue weighted by Gasteiger charge is -2.38. The number of carbonyl (C=O) groups is 1. The summed E-state index contributed by atoms with van der Waals surface area (Å²) in [6.07, 6.45) is 9.78. The molecule has 0 radical (unpaired) electrons. The quantitative estimate of drug-likeness (QED) is 0.738. The Morgan fingerprint density at radius 3 is 2.79 bits per heavy atom. The van der Waals surface area contributed by atoms with E-state index in [0.29, 0.717) is 25.9 Å². The Hall–Kier alpha value is -2.91. The first-order valence-corrected chi connectivity index (χ1v) is 10.0. The molecule has 0 saturated carbocycles. The fourth-order valence-electron chi connectivity index (χ4n) is 4.86. The van der Waals surface area contributed by atoms with Crippen LogP contribution in [0, 0.1) is 18.2 Å². The highest BCUT2D eigenvalue weighted by molar-refractivity contribution is 5.88. The molecule has 0 unspecified atom stereocenters. The Kier molecular flexibility index (Phi) is 4.29. The van der Waals surface area contributed by atoms with Crippen molar-refractivity contribution in [1.82, 2.24) is 9.88 Å². The van der Waals surface area contributed by atoms with Crippen LogP contribution in [-0.2, 0) is 9.53 Å². The zero-order valence-electron chi connectivity index (χ0n) is 16.1. The van der Waals surface area contributed by atoms with Gasteiger partial charge in [0, 0.05) is 37.7 Å². The lowest BCUT2D eigenvalue weighted by atomic mass is 9.89. The van der Waals surface area contributed by atoms with Gasteiger partial charge in [0.05, 0.1) is 6.04 Å². The summed E-state index contributed by atoms with van der Waals surface area (Å²) in [4.78, 5) is 21.8. The number of pyridine rings is 1. The normalized spacial score (nSPS) is 25.3. The number of ether oxygens (including phenoxy) is 1. The van der Waals surface area contributed by atoms with Gasteiger partial charge < -0.3 is 14.5 Å². The lowest BCUT2D eigenvalue weighted by molar-refractivity contribution is -0.140. The molecule has 4 heterocycles. The summed E-state index contributed by atoms with van der Waals surface area (Å²) in [5.74, 6) is 3.23. The van der Waals surface area contributed by atoms with Crippen LogP contribution in [0.15, 0.2) is 42.6 Å². The monoisotopic (exact) mass is 391 g/mol. The van der Waals surface area contributed by atoms with Crippen molar-refractivity contribution in [2.75, 3.05) is 18.0 Å². The summed E-state index contributed by atoms with van der Waals surface area (Å²) in [6.45, 7) is 1.36. The van der Waals surface area contributed by atoms with Crippen LogP contribution < -0.4 is 4.90 Å². The summed E-state index contributed by atoms with van der Waals surface area (Å²) in [6, 6.07) is 10.1. The summed E-state index contributed by atoms with van der Waals surface area (Å²) < 4.78 is 20.0. The second-order valence-electron chi connectivity index (χ2n) is 7.96. The van der Waals surface area contributed by atoms with E-state index in [-0.39, 0.29) is 24.0 Å². The largest absolute Gasteiger partial charge is 0.356 e. The third kappa shape index (κ3) is 2.97. The molecule has 5 rings (SSSR count). The zero-order valence-corrected chi connectivity index (χ0v) is 16.1. The zero-order chi connectivity index (χ0) is 20.0. The molecule has 3 saturated heterocycles. The minimum absolute atomic E-state index is 0.0410. The van der Waals surface area contributed by atoms with Gasteiger partial charge in [0.2, 0.25) is 0 Å². The molecule has 3 fully saturated rings. The Labute approximate surface area is 169 Å². The average molecular weight is 391 g/mol. The van der Waals surface area contributed by atoms with Gasteiger partial charge in [-0.2, -0.15) is 0 Å². The van der Waals surface area contributed by atoms with Gasteiger partial charge in [0.1, 0.15) is 17.9 Å². The molecule has 3 aliphatic rings. The van der Waals surface area contributed by atoms with E-state index in [1.54, 1.807) is 18.3 Å². The number of aromatic nitrogens is 1. The number of halogens is 1. The summed E-state index contributed by atoms with van der Waals surface area (Å²) >= 11 is 0. The van der Waals surface area contributed by atoms with Gasteiger partial charge in [0.25, 0.3) is 5.91 Å². The molecule has 1 aromatic carbocycles. The van der Waals surface area contributed by atoms with Crippen LogP contribution >= 0.6 is 0 Å². The summed E-state index contributed by atoms with van der Waals surface area (Å²) in [7, 11) is 0. The van der Waals surface area contributed by atoms with E-state index in [2.05, 4.69) is 15.8 Å². The van der Waals surface area contributed by atoms with Gasteiger partial charge in [-0.1, -0.05) is 18.1 Å². The fraction of sp³-hybridized carbons (Fsp3) is 0.391. The van der Waals surface area contributed by atoms with Crippen molar-refractivity contribution in [2.24, 2.45) is 0 Å². The summed E-state index contributed by atoms with van der Waals surface area (Å²) in [5, 5.41) is 0. The number of anilines is 1. The highest BCUT2D eigenvalue weighted by Gasteiger charge is 2.58. The first-order valence-electron chi connectivity index (χ1n) is 10.0. The average Bonchev–Trinajstić information content (AvgIpc) is 3.27. The maximum absolute atomic E-state index is 13.7. The first kappa shape index (κ1) is 18.1. The standard InChI is InChI=1S/C23H22FN3O2/c1-2-16-8-11-25-20(14-16)26-12-9-23(10-13-26)22(28)27-19(6-7-21(27)29-23)17-4-3-5-18(24)15-17/h1,3-5,8,11,14-15,19,21H,6-7,9-10,12-13H2/t19-,21+/m0/s1. The lowest BCUT2D eigenvalue weighted by Crippen LogP contribution is -2.50. The van der Waals surface area contributed by atoms with E-state index in [0.717, 1.165) is 29.8 Å². The molecule has 0 bridgehead atoms. The van der Waals surface area contributed by atoms with Crippen molar-refractivity contribution in [3.8, 4) is 12.3 Å². The number of hydrogen-bond donors (Lipinski definition) is 0. The Bertz CT molecular complexity index is 994. The smallest absolute Gasteiger partial charge is 0.257 e. The van der Waals surface area contributed by atoms with Crippen LogP contribution in [0.2, 0.25) is 0 Å². The Balaban J connectivity index is 1.33. The second kappa shape index (κ2) is 6.85. The van der Waals surface area contributed by atoms with Gasteiger partial charge in [-0.05, 0) is 42.7 Å². The number of terminal acetylenes is 1. The number of carbonyl (C=O) groups excluding carboxylic acids is 1. The number of rotatable bonds is 2. The highest BCUT2D eigenvalue weighted by atomic mass is 19.1. The second-order valence-corrected chi connectivity index (χ2v) is 7.96. The molecule has 2 atom stereocenters. The van der Waals surface area contributed by atoms with Crippen molar-refractivity contribution >= 4 is 11.7 Å². The molecule has 1 amide bonds. The molecule has 0 N–H and O–H groups in total. The van der Waals surface area contributed by atoms with Gasteiger partial charge in [-0.15, -0.1) is 6.42 Å². The van der Waals surface area contributed by atoms with Crippen LogP contribution in [-0.4, -0.2) is 40.7 Å². The number of piperidine rings is 1. The molecule has 29 heavy (non-hydrogen) atoms. The van der Waals surface area contributed by atoms with Crippen LogP contribution in [0.4, 0.5) is 10.2 Å². The maximum atomic E-state index is 13.7. The van der Waals surface area contributed by atoms with E-state index in [9.17, 15) is 9.18 Å². The number of fused-ring (bicyclic) bond motifs is 1. The molecule has 5 nitrogen and oxygen atoms in total. The molecule has 2 aromatic rings. The summed E-state index contributed by atoms with van der Waals surface area (Å²) in [5.41, 5.74) is 0.855. The Morgan fingerprint density at radius 1 is 1.21 bits per heavy atom. The topological polar surface area (TPSA) is 45.7 Å². The van der Waals surface area contributed by atoms with E-state index < -0.39 is 5.60 Å². The van der Waals surface area contributed by atoms with Crippen LogP contribution in [0.5, 0.6) is 0 Å². The number of hydrogen-bond acceptors (Lipinski definition) is 4.